The van der Waals surface area contributed by atoms with Crippen LogP contribution in [0, 0.1) is 0 Å². The normalized spacial score (nSPS) is 22.0. The van der Waals surface area contributed by atoms with Gasteiger partial charge in [-0.15, -0.1) is 11.8 Å². The minimum absolute atomic E-state index is 0.209. The highest BCUT2D eigenvalue weighted by atomic mass is 32.2. The number of hydrogen-bond acceptors (Lipinski definition) is 7. The lowest BCUT2D eigenvalue weighted by Gasteiger charge is -2.49. The molecule has 1 aromatic carbocycles. The van der Waals surface area contributed by atoms with Gasteiger partial charge in [0.25, 0.3) is 5.91 Å². The SMILES string of the molecule is NC(=O)OCC1=C(C(=O)O)N2C(=O)C(NC(=O)[C@H](N)c3ccccc3)[C@H]2SC1. The van der Waals surface area contributed by atoms with Crippen LogP contribution in [-0.4, -0.2) is 57.7 Å². The van der Waals surface area contributed by atoms with E-state index in [0.717, 1.165) is 4.90 Å². The largest absolute Gasteiger partial charge is 0.477 e. The van der Waals surface area contributed by atoms with Crippen LogP contribution in [0.25, 0.3) is 0 Å². The lowest BCUT2D eigenvalue weighted by Crippen LogP contribution is -2.71. The molecule has 0 saturated carbocycles. The van der Waals surface area contributed by atoms with Crippen molar-refractivity contribution in [2.24, 2.45) is 11.5 Å². The predicted octanol–water partition coefficient (Wildman–Crippen LogP) is -0.480. The van der Waals surface area contributed by atoms with Crippen molar-refractivity contribution in [2.45, 2.75) is 17.5 Å². The summed E-state index contributed by atoms with van der Waals surface area (Å²) in [4.78, 5) is 48.4. The monoisotopic (exact) mass is 406 g/mol. The molecule has 2 heterocycles. The first-order chi connectivity index (χ1) is 13.3. The Bertz CT molecular complexity index is 858. The van der Waals surface area contributed by atoms with Gasteiger partial charge in [0.2, 0.25) is 5.91 Å². The Kier molecular flexibility index (Phi) is 5.56. The van der Waals surface area contributed by atoms with Crippen LogP contribution in [0.1, 0.15) is 11.6 Å². The Morgan fingerprint density at radius 3 is 2.61 bits per heavy atom. The molecule has 3 rings (SSSR count). The third kappa shape index (κ3) is 3.66. The summed E-state index contributed by atoms with van der Waals surface area (Å²) in [6.07, 6.45) is -1.04. The maximum Gasteiger partial charge on any atom is 0.404 e. The van der Waals surface area contributed by atoms with Crippen molar-refractivity contribution in [3.05, 3.63) is 47.2 Å². The molecule has 0 aliphatic carbocycles. The number of nitrogens with one attached hydrogen (secondary N) is 1. The van der Waals surface area contributed by atoms with E-state index in [9.17, 15) is 24.3 Å². The van der Waals surface area contributed by atoms with Crippen LogP contribution in [0.15, 0.2) is 41.6 Å². The number of thioether (sulfide) groups is 1. The summed E-state index contributed by atoms with van der Waals surface area (Å²) in [7, 11) is 0. The summed E-state index contributed by atoms with van der Waals surface area (Å²) in [5, 5.41) is 11.5. The maximum atomic E-state index is 12.5. The van der Waals surface area contributed by atoms with Gasteiger partial charge < -0.3 is 26.6 Å². The van der Waals surface area contributed by atoms with Crippen molar-refractivity contribution in [3.63, 3.8) is 0 Å². The lowest BCUT2D eigenvalue weighted by molar-refractivity contribution is -0.151. The molecular weight excluding hydrogens is 388 g/mol. The lowest BCUT2D eigenvalue weighted by atomic mass is 10.0. The average Bonchev–Trinajstić information content (AvgIpc) is 2.69. The molecule has 148 valence electrons. The Morgan fingerprint density at radius 2 is 2.00 bits per heavy atom. The first-order valence-electron chi connectivity index (χ1n) is 8.24. The number of nitrogens with two attached hydrogens (primary N) is 2. The molecule has 6 N–H and O–H groups in total. The van der Waals surface area contributed by atoms with Crippen molar-refractivity contribution in [1.82, 2.24) is 10.2 Å². The number of amides is 3. The summed E-state index contributed by atoms with van der Waals surface area (Å²) in [5.41, 5.74) is 11.4. The summed E-state index contributed by atoms with van der Waals surface area (Å²) in [6.45, 7) is -0.323. The number of carbonyl (C=O) groups excluding carboxylic acids is 3. The topological polar surface area (TPSA) is 165 Å². The van der Waals surface area contributed by atoms with Crippen LogP contribution in [0.2, 0.25) is 0 Å². The number of aliphatic carboxylic acids is 1. The molecule has 28 heavy (non-hydrogen) atoms. The number of hydrogen-bond donors (Lipinski definition) is 4. The summed E-state index contributed by atoms with van der Waals surface area (Å²) < 4.78 is 4.66. The highest BCUT2D eigenvalue weighted by Gasteiger charge is 2.54. The second-order valence-corrected chi connectivity index (χ2v) is 7.25. The minimum atomic E-state index is -1.33. The number of β-lactam (4-membered cyclic amide) rings is 1. The average molecular weight is 406 g/mol. The van der Waals surface area contributed by atoms with E-state index >= 15 is 0 Å². The van der Waals surface area contributed by atoms with Gasteiger partial charge in [0.05, 0.1) is 0 Å². The predicted molar refractivity (Wildman–Crippen MR) is 98.6 cm³/mol. The van der Waals surface area contributed by atoms with E-state index in [4.69, 9.17) is 11.5 Å². The Hall–Kier alpha value is -3.05. The van der Waals surface area contributed by atoms with Gasteiger partial charge in [0.15, 0.2) is 0 Å². The molecule has 0 spiro atoms. The second kappa shape index (κ2) is 7.90. The second-order valence-electron chi connectivity index (χ2n) is 6.15. The van der Waals surface area contributed by atoms with Crippen molar-refractivity contribution in [3.8, 4) is 0 Å². The zero-order valence-electron chi connectivity index (χ0n) is 14.5. The van der Waals surface area contributed by atoms with E-state index in [-0.39, 0.29) is 23.6 Å². The van der Waals surface area contributed by atoms with Crippen molar-refractivity contribution in [2.75, 3.05) is 12.4 Å². The van der Waals surface area contributed by atoms with E-state index < -0.39 is 41.3 Å². The van der Waals surface area contributed by atoms with Gasteiger partial charge >= 0.3 is 12.1 Å². The molecule has 10 nitrogen and oxygen atoms in total. The smallest absolute Gasteiger partial charge is 0.404 e. The van der Waals surface area contributed by atoms with Gasteiger partial charge in [-0.05, 0) is 5.56 Å². The number of benzene rings is 1. The molecule has 1 unspecified atom stereocenters. The first kappa shape index (κ1) is 19.7. The Labute approximate surface area is 163 Å². The fourth-order valence-electron chi connectivity index (χ4n) is 3.01. The minimum Gasteiger partial charge on any atom is -0.477 e. The van der Waals surface area contributed by atoms with Crippen LogP contribution in [0.4, 0.5) is 4.79 Å². The van der Waals surface area contributed by atoms with Crippen LogP contribution >= 0.6 is 11.8 Å². The van der Waals surface area contributed by atoms with Crippen LogP contribution < -0.4 is 16.8 Å². The molecule has 3 atom stereocenters. The highest BCUT2D eigenvalue weighted by molar-refractivity contribution is 8.00. The number of carboxylic acid groups (broad SMARTS) is 1. The number of rotatable bonds is 6. The molecular formula is C17H18N4O6S. The zero-order chi connectivity index (χ0) is 20.4. The summed E-state index contributed by atoms with van der Waals surface area (Å²) in [5.74, 6) is -2.22. The summed E-state index contributed by atoms with van der Waals surface area (Å²) >= 11 is 1.25. The molecule has 11 heteroatoms. The van der Waals surface area contributed by atoms with Crippen molar-refractivity contribution < 1.29 is 29.0 Å². The maximum absolute atomic E-state index is 12.5. The molecule has 3 amide bonds. The zero-order valence-corrected chi connectivity index (χ0v) is 15.3. The van der Waals surface area contributed by atoms with Gasteiger partial charge in [-0.1, -0.05) is 30.3 Å². The molecule has 1 fully saturated rings. The number of carboxylic acids is 1. The molecule has 2 aliphatic heterocycles. The van der Waals surface area contributed by atoms with Crippen molar-refractivity contribution >= 4 is 35.6 Å². The van der Waals surface area contributed by atoms with Gasteiger partial charge in [0, 0.05) is 11.3 Å². The number of primary amides is 1. The molecule has 2 aliphatic rings. The third-order valence-electron chi connectivity index (χ3n) is 4.38. The molecule has 1 saturated heterocycles. The Morgan fingerprint density at radius 1 is 1.32 bits per heavy atom. The number of carbonyl (C=O) groups is 4. The van der Waals surface area contributed by atoms with Gasteiger partial charge in [-0.25, -0.2) is 9.59 Å². The first-order valence-corrected chi connectivity index (χ1v) is 9.29. The van der Waals surface area contributed by atoms with E-state index in [2.05, 4.69) is 10.1 Å². The number of nitrogens with zero attached hydrogens (tertiary/aromatic N) is 1. The fourth-order valence-corrected chi connectivity index (χ4v) is 4.33. The molecule has 0 aromatic heterocycles. The summed E-state index contributed by atoms with van der Waals surface area (Å²) in [6, 6.07) is 6.84. The van der Waals surface area contributed by atoms with E-state index in [1.165, 1.54) is 11.8 Å². The van der Waals surface area contributed by atoms with E-state index in [1.54, 1.807) is 30.3 Å². The van der Waals surface area contributed by atoms with Crippen LogP contribution in [0.3, 0.4) is 0 Å². The van der Waals surface area contributed by atoms with Crippen molar-refractivity contribution in [1.29, 1.82) is 0 Å². The number of ether oxygens (including phenoxy) is 1. The van der Waals surface area contributed by atoms with Crippen LogP contribution in [-0.2, 0) is 19.1 Å². The third-order valence-corrected chi connectivity index (χ3v) is 5.72. The fraction of sp³-hybridized carbons (Fsp3) is 0.294. The highest BCUT2D eigenvalue weighted by Crippen LogP contribution is 2.40. The van der Waals surface area contributed by atoms with E-state index in [1.807, 2.05) is 0 Å². The standard InChI is InChI=1S/C17H18N4O6S/c18-10(8-4-2-1-3-5-8)13(22)20-11-14(23)21-12(16(24)25)9(6-27-17(19)26)7-28-15(11)21/h1-5,10-11,15H,6-7,18H2,(H2,19,26)(H,20,22)(H,24,25)/t10-,11?,15-/m1/s1. The van der Waals surface area contributed by atoms with Gasteiger partial charge in [-0.2, -0.15) is 0 Å². The molecule has 0 bridgehead atoms. The van der Waals surface area contributed by atoms with E-state index in [0.29, 0.717) is 5.56 Å². The van der Waals surface area contributed by atoms with Gasteiger partial charge in [-0.3, -0.25) is 14.5 Å². The van der Waals surface area contributed by atoms with Crippen LogP contribution in [0.5, 0.6) is 0 Å². The Balaban J connectivity index is 1.72. The number of fused-ring (bicyclic) bond motifs is 1. The molecule has 1 aromatic rings. The quantitative estimate of drug-likeness (QED) is 0.460. The molecule has 0 radical (unpaired) electrons. The van der Waals surface area contributed by atoms with Gasteiger partial charge in [0.1, 0.15) is 29.8 Å².